The number of hydrogen-bond acceptors (Lipinski definition) is 3. The van der Waals surface area contributed by atoms with Gasteiger partial charge in [-0.15, -0.1) is 0 Å². The Hall–Kier alpha value is -1.91. The molecule has 0 N–H and O–H groups in total. The van der Waals surface area contributed by atoms with Crippen molar-refractivity contribution in [3.63, 3.8) is 0 Å². The number of amides is 1. The lowest BCUT2D eigenvalue weighted by atomic mass is 10.1. The van der Waals surface area contributed by atoms with Crippen LogP contribution in [0.4, 0.5) is 5.69 Å². The van der Waals surface area contributed by atoms with Gasteiger partial charge in [-0.1, -0.05) is 0 Å². The van der Waals surface area contributed by atoms with Crippen LogP contribution in [0.3, 0.4) is 0 Å². The molecule has 0 saturated heterocycles. The van der Waals surface area contributed by atoms with Crippen molar-refractivity contribution in [3.05, 3.63) is 39.4 Å². The van der Waals surface area contributed by atoms with Gasteiger partial charge in [0.15, 0.2) is 0 Å². The van der Waals surface area contributed by atoms with E-state index >= 15 is 0 Å². The summed E-state index contributed by atoms with van der Waals surface area (Å²) in [5.41, 5.74) is 0.987. The van der Waals surface area contributed by atoms with Gasteiger partial charge < -0.3 is 4.90 Å². The fraction of sp³-hybridized carbons (Fsp3) is 0.300. The van der Waals surface area contributed by atoms with Crippen molar-refractivity contribution in [2.75, 3.05) is 14.1 Å². The molecule has 0 spiro atoms. The monoisotopic (exact) mass is 208 g/mol. The summed E-state index contributed by atoms with van der Waals surface area (Å²) in [6, 6.07) is 4.36. The first-order valence-corrected chi connectivity index (χ1v) is 4.39. The van der Waals surface area contributed by atoms with E-state index in [1.807, 2.05) is 0 Å². The minimum absolute atomic E-state index is 0.0554. The first-order chi connectivity index (χ1) is 6.91. The van der Waals surface area contributed by atoms with Crippen LogP contribution in [-0.4, -0.2) is 29.8 Å². The lowest BCUT2D eigenvalue weighted by Crippen LogP contribution is -2.21. The van der Waals surface area contributed by atoms with Crippen LogP contribution in [0.1, 0.15) is 15.9 Å². The van der Waals surface area contributed by atoms with Crippen LogP contribution in [0.25, 0.3) is 0 Å². The van der Waals surface area contributed by atoms with Crippen molar-refractivity contribution in [3.8, 4) is 0 Å². The number of nitro benzene ring substituents is 1. The van der Waals surface area contributed by atoms with Gasteiger partial charge >= 0.3 is 0 Å². The van der Waals surface area contributed by atoms with Crippen LogP contribution in [0.2, 0.25) is 0 Å². The minimum atomic E-state index is -0.501. The lowest BCUT2D eigenvalue weighted by molar-refractivity contribution is -0.384. The highest BCUT2D eigenvalue weighted by Crippen LogP contribution is 2.17. The fourth-order valence-corrected chi connectivity index (χ4v) is 1.25. The van der Waals surface area contributed by atoms with E-state index in [1.54, 1.807) is 27.1 Å². The Kier molecular flexibility index (Phi) is 3.04. The fourth-order valence-electron chi connectivity index (χ4n) is 1.25. The van der Waals surface area contributed by atoms with Crippen LogP contribution in [-0.2, 0) is 0 Å². The van der Waals surface area contributed by atoms with E-state index in [1.165, 1.54) is 17.0 Å². The zero-order valence-electron chi connectivity index (χ0n) is 8.85. The Morgan fingerprint density at radius 2 is 1.93 bits per heavy atom. The summed E-state index contributed by atoms with van der Waals surface area (Å²) in [5, 5.41) is 10.6. The molecule has 0 aromatic heterocycles. The number of nitrogens with zero attached hydrogens (tertiary/aromatic N) is 2. The second kappa shape index (κ2) is 4.08. The molecule has 15 heavy (non-hydrogen) atoms. The molecule has 1 aromatic rings. The Morgan fingerprint density at radius 3 is 2.40 bits per heavy atom. The van der Waals surface area contributed by atoms with Gasteiger partial charge in [-0.2, -0.15) is 0 Å². The van der Waals surface area contributed by atoms with Gasteiger partial charge in [0.1, 0.15) is 0 Å². The van der Waals surface area contributed by atoms with Crippen LogP contribution >= 0.6 is 0 Å². The average molecular weight is 208 g/mol. The average Bonchev–Trinajstić information content (AvgIpc) is 2.15. The zero-order chi connectivity index (χ0) is 11.6. The summed E-state index contributed by atoms with van der Waals surface area (Å²) < 4.78 is 0. The summed E-state index contributed by atoms with van der Waals surface area (Å²) in [6.07, 6.45) is 0. The number of carbonyl (C=O) groups excluding carboxylic acids is 1. The molecule has 0 fully saturated rings. The van der Waals surface area contributed by atoms with Crippen molar-refractivity contribution < 1.29 is 9.72 Å². The first kappa shape index (κ1) is 11.2. The third kappa shape index (κ3) is 2.52. The highest BCUT2D eigenvalue weighted by atomic mass is 16.6. The standard InChI is InChI=1S/C10H12N2O3/c1-7-4-8(10(13)11(2)3)6-9(5-7)12(14)15/h4-6H,1-3H3. The number of aryl methyl sites for hydroxylation is 1. The molecule has 0 radical (unpaired) electrons. The Labute approximate surface area is 87.5 Å². The third-order valence-electron chi connectivity index (χ3n) is 1.93. The predicted octanol–water partition coefficient (Wildman–Crippen LogP) is 1.61. The van der Waals surface area contributed by atoms with Crippen LogP contribution in [0.15, 0.2) is 18.2 Å². The molecular formula is C10H12N2O3. The minimum Gasteiger partial charge on any atom is -0.345 e. The topological polar surface area (TPSA) is 63.5 Å². The Bertz CT molecular complexity index is 413. The zero-order valence-corrected chi connectivity index (χ0v) is 8.85. The molecule has 0 unspecified atom stereocenters. The lowest BCUT2D eigenvalue weighted by Gasteiger charge is -2.10. The maximum Gasteiger partial charge on any atom is 0.270 e. The number of carbonyl (C=O) groups is 1. The van der Waals surface area contributed by atoms with Crippen molar-refractivity contribution >= 4 is 11.6 Å². The SMILES string of the molecule is Cc1cc(C(=O)N(C)C)cc([N+](=O)[O-])c1. The molecule has 0 saturated carbocycles. The summed E-state index contributed by atoms with van der Waals surface area (Å²) in [5.74, 6) is -0.234. The summed E-state index contributed by atoms with van der Waals surface area (Å²) in [6.45, 7) is 1.72. The third-order valence-corrected chi connectivity index (χ3v) is 1.93. The smallest absolute Gasteiger partial charge is 0.270 e. The van der Waals surface area contributed by atoms with Crippen molar-refractivity contribution in [2.24, 2.45) is 0 Å². The Balaban J connectivity index is 3.20. The molecule has 80 valence electrons. The molecule has 0 atom stereocenters. The van der Waals surface area contributed by atoms with E-state index in [0.29, 0.717) is 11.1 Å². The van der Waals surface area contributed by atoms with Gasteiger partial charge in [0.05, 0.1) is 4.92 Å². The number of nitro groups is 1. The van der Waals surface area contributed by atoms with Gasteiger partial charge in [0.2, 0.25) is 0 Å². The second-order valence-electron chi connectivity index (χ2n) is 3.51. The molecule has 0 heterocycles. The highest BCUT2D eigenvalue weighted by Gasteiger charge is 2.14. The second-order valence-corrected chi connectivity index (χ2v) is 3.51. The normalized spacial score (nSPS) is 9.80. The quantitative estimate of drug-likeness (QED) is 0.547. The largest absolute Gasteiger partial charge is 0.345 e. The molecule has 0 aliphatic carbocycles. The van der Waals surface area contributed by atoms with E-state index in [4.69, 9.17) is 0 Å². The summed E-state index contributed by atoms with van der Waals surface area (Å²) in [4.78, 5) is 23.0. The first-order valence-electron chi connectivity index (χ1n) is 4.39. The van der Waals surface area contributed by atoms with Gasteiger partial charge in [0, 0.05) is 31.8 Å². The Morgan fingerprint density at radius 1 is 1.33 bits per heavy atom. The van der Waals surface area contributed by atoms with E-state index in [-0.39, 0.29) is 11.6 Å². The van der Waals surface area contributed by atoms with E-state index in [0.717, 1.165) is 0 Å². The highest BCUT2D eigenvalue weighted by molar-refractivity contribution is 5.94. The molecule has 5 heteroatoms. The van der Waals surface area contributed by atoms with Crippen LogP contribution in [0, 0.1) is 17.0 Å². The van der Waals surface area contributed by atoms with Crippen molar-refractivity contribution in [1.29, 1.82) is 0 Å². The maximum absolute atomic E-state index is 11.6. The van der Waals surface area contributed by atoms with Crippen LogP contribution < -0.4 is 0 Å². The van der Waals surface area contributed by atoms with E-state index in [2.05, 4.69) is 0 Å². The van der Waals surface area contributed by atoms with Gasteiger partial charge in [-0.25, -0.2) is 0 Å². The van der Waals surface area contributed by atoms with E-state index < -0.39 is 4.92 Å². The molecule has 1 rings (SSSR count). The van der Waals surface area contributed by atoms with Crippen LogP contribution in [0.5, 0.6) is 0 Å². The number of non-ortho nitro benzene ring substituents is 1. The molecule has 5 nitrogen and oxygen atoms in total. The molecule has 1 amide bonds. The number of rotatable bonds is 2. The van der Waals surface area contributed by atoms with Gasteiger partial charge in [-0.3, -0.25) is 14.9 Å². The maximum atomic E-state index is 11.6. The molecule has 1 aromatic carbocycles. The molecule has 0 aliphatic rings. The predicted molar refractivity (Wildman–Crippen MR) is 55.9 cm³/mol. The van der Waals surface area contributed by atoms with Crippen molar-refractivity contribution in [2.45, 2.75) is 6.92 Å². The molecule has 0 bridgehead atoms. The van der Waals surface area contributed by atoms with Crippen molar-refractivity contribution in [1.82, 2.24) is 4.90 Å². The molecular weight excluding hydrogens is 196 g/mol. The number of hydrogen-bond donors (Lipinski definition) is 0. The molecule has 0 aliphatic heterocycles. The van der Waals surface area contributed by atoms with Gasteiger partial charge in [0.25, 0.3) is 11.6 Å². The van der Waals surface area contributed by atoms with Gasteiger partial charge in [-0.05, 0) is 18.6 Å². The summed E-state index contributed by atoms with van der Waals surface area (Å²) >= 11 is 0. The summed E-state index contributed by atoms with van der Waals surface area (Å²) in [7, 11) is 3.22. The number of benzene rings is 1. The van der Waals surface area contributed by atoms with E-state index in [9.17, 15) is 14.9 Å².